The Kier molecular flexibility index (Phi) is 4.44. The van der Waals surface area contributed by atoms with Gasteiger partial charge >= 0.3 is 6.18 Å². The first kappa shape index (κ1) is 16.8. The Morgan fingerprint density at radius 2 is 1.78 bits per heavy atom. The molecular weight excluding hydrogens is 416 g/mol. The summed E-state index contributed by atoms with van der Waals surface area (Å²) in [5.74, 6) is 0. The molecule has 5 heteroatoms. The molecular formula is C18H16F3IO. The van der Waals surface area contributed by atoms with Crippen LogP contribution in [-0.4, -0.2) is 4.43 Å². The van der Waals surface area contributed by atoms with Crippen LogP contribution in [0.2, 0.25) is 0 Å². The quantitative estimate of drug-likeness (QED) is 0.439. The fourth-order valence-corrected chi connectivity index (χ4v) is 4.07. The van der Waals surface area contributed by atoms with Gasteiger partial charge < -0.3 is 4.74 Å². The van der Waals surface area contributed by atoms with Gasteiger partial charge in [-0.05, 0) is 22.8 Å². The second-order valence-electron chi connectivity index (χ2n) is 5.98. The van der Waals surface area contributed by atoms with Gasteiger partial charge in [-0.25, -0.2) is 0 Å². The molecule has 0 aliphatic carbocycles. The first-order chi connectivity index (χ1) is 10.9. The van der Waals surface area contributed by atoms with Gasteiger partial charge in [-0.15, -0.1) is 0 Å². The summed E-state index contributed by atoms with van der Waals surface area (Å²) >= 11 is 2.23. The average Bonchev–Trinajstić information content (AvgIpc) is 2.54. The summed E-state index contributed by atoms with van der Waals surface area (Å²) in [5.41, 5.74) is 1.22. The number of fused-ring (bicyclic) bond motifs is 1. The number of halogens is 4. The molecule has 0 unspecified atom stereocenters. The largest absolute Gasteiger partial charge is 0.416 e. The van der Waals surface area contributed by atoms with Crippen LogP contribution in [0.4, 0.5) is 13.2 Å². The Morgan fingerprint density at radius 1 is 1.13 bits per heavy atom. The molecule has 0 aromatic heterocycles. The Balaban J connectivity index is 2.15. The van der Waals surface area contributed by atoms with Gasteiger partial charge in [0.2, 0.25) is 0 Å². The summed E-state index contributed by atoms with van der Waals surface area (Å²) in [4.78, 5) is 0. The van der Waals surface area contributed by atoms with Gasteiger partial charge in [0.15, 0.2) is 0 Å². The second kappa shape index (κ2) is 6.09. The molecule has 1 aliphatic heterocycles. The van der Waals surface area contributed by atoms with Crippen LogP contribution >= 0.6 is 22.6 Å². The zero-order valence-corrected chi connectivity index (χ0v) is 14.7. The fraction of sp³-hybridized carbons (Fsp3) is 0.333. The summed E-state index contributed by atoms with van der Waals surface area (Å²) < 4.78 is 46.8. The molecule has 3 rings (SSSR count). The number of hydrogen-bond donors (Lipinski definition) is 0. The van der Waals surface area contributed by atoms with Crippen molar-refractivity contribution in [1.82, 2.24) is 0 Å². The van der Waals surface area contributed by atoms with Crippen LogP contribution in [0.15, 0.2) is 48.5 Å². The van der Waals surface area contributed by atoms with Crippen LogP contribution in [-0.2, 0) is 22.9 Å². The van der Waals surface area contributed by atoms with E-state index in [1.165, 1.54) is 12.1 Å². The highest BCUT2D eigenvalue weighted by atomic mass is 127. The molecule has 0 amide bonds. The Morgan fingerprint density at radius 3 is 2.48 bits per heavy atom. The monoisotopic (exact) mass is 432 g/mol. The lowest BCUT2D eigenvalue weighted by molar-refractivity contribution is -0.140. The Bertz CT molecular complexity index is 713. The van der Waals surface area contributed by atoms with E-state index in [1.54, 1.807) is 6.07 Å². The molecule has 1 aliphatic rings. The van der Waals surface area contributed by atoms with Gasteiger partial charge in [-0.2, -0.15) is 13.2 Å². The SMILES string of the molecule is C[C@]1(CI)c2ccccc2CO[C@H]1c1ccccc1C(F)(F)F. The van der Waals surface area contributed by atoms with Crippen molar-refractivity contribution in [2.24, 2.45) is 0 Å². The van der Waals surface area contributed by atoms with E-state index in [0.717, 1.165) is 17.2 Å². The molecule has 1 heterocycles. The second-order valence-corrected chi connectivity index (χ2v) is 6.75. The van der Waals surface area contributed by atoms with Gasteiger partial charge in [-0.1, -0.05) is 72.0 Å². The predicted octanol–water partition coefficient (Wildman–Crippen LogP) is 5.67. The molecule has 1 nitrogen and oxygen atoms in total. The van der Waals surface area contributed by atoms with E-state index in [9.17, 15) is 13.2 Å². The fourth-order valence-electron chi connectivity index (χ4n) is 3.26. The zero-order chi connectivity index (χ0) is 16.7. The van der Waals surface area contributed by atoms with Crippen LogP contribution in [0, 0.1) is 0 Å². The lowest BCUT2D eigenvalue weighted by Crippen LogP contribution is -2.39. The van der Waals surface area contributed by atoms with Gasteiger partial charge in [0.25, 0.3) is 0 Å². The number of alkyl halides is 4. The maximum Gasteiger partial charge on any atom is 0.416 e. The summed E-state index contributed by atoms with van der Waals surface area (Å²) in [6, 6.07) is 13.6. The highest BCUT2D eigenvalue weighted by Crippen LogP contribution is 2.49. The summed E-state index contributed by atoms with van der Waals surface area (Å²) in [5, 5.41) is 0. The Labute approximate surface area is 147 Å². The van der Waals surface area contributed by atoms with Crippen LogP contribution in [0.1, 0.15) is 35.3 Å². The number of hydrogen-bond acceptors (Lipinski definition) is 1. The lowest BCUT2D eigenvalue weighted by atomic mass is 9.72. The minimum atomic E-state index is -4.39. The average molecular weight is 432 g/mol. The number of rotatable bonds is 2. The standard InChI is InChI=1S/C18H16F3IO/c1-17(11-22)14-8-4-2-6-12(14)10-23-16(17)13-7-3-5-9-15(13)18(19,20)21/h2-9,16H,10-11H2,1H3/t16-,17-/m0/s1. The van der Waals surface area contributed by atoms with E-state index in [0.29, 0.717) is 11.0 Å². The highest BCUT2D eigenvalue weighted by Gasteiger charge is 2.45. The maximum absolute atomic E-state index is 13.4. The number of ether oxygens (including phenoxy) is 1. The summed E-state index contributed by atoms with van der Waals surface area (Å²) in [6.45, 7) is 2.31. The third-order valence-corrected chi connectivity index (χ3v) is 6.03. The van der Waals surface area contributed by atoms with Crippen molar-refractivity contribution in [3.05, 3.63) is 70.8 Å². The van der Waals surface area contributed by atoms with Crippen LogP contribution in [0.25, 0.3) is 0 Å². The molecule has 0 saturated heterocycles. The highest BCUT2D eigenvalue weighted by molar-refractivity contribution is 14.1. The molecule has 0 radical (unpaired) electrons. The molecule has 0 N–H and O–H groups in total. The third-order valence-electron chi connectivity index (χ3n) is 4.44. The molecule has 2 aromatic rings. The van der Waals surface area contributed by atoms with Crippen molar-refractivity contribution < 1.29 is 17.9 Å². The molecule has 0 spiro atoms. The third kappa shape index (κ3) is 2.89. The van der Waals surface area contributed by atoms with Crippen molar-refractivity contribution in [3.63, 3.8) is 0 Å². The first-order valence-electron chi connectivity index (χ1n) is 7.30. The van der Waals surface area contributed by atoms with Gasteiger partial charge in [0.1, 0.15) is 0 Å². The molecule has 2 atom stereocenters. The van der Waals surface area contributed by atoms with Crippen molar-refractivity contribution in [2.75, 3.05) is 4.43 Å². The van der Waals surface area contributed by atoms with Gasteiger partial charge in [-0.3, -0.25) is 0 Å². The Hall–Kier alpha value is -1.08. The van der Waals surface area contributed by atoms with Gasteiger partial charge in [0, 0.05) is 9.84 Å². The zero-order valence-electron chi connectivity index (χ0n) is 12.5. The maximum atomic E-state index is 13.4. The van der Waals surface area contributed by atoms with E-state index < -0.39 is 23.3 Å². The van der Waals surface area contributed by atoms with Crippen molar-refractivity contribution in [2.45, 2.75) is 31.2 Å². The van der Waals surface area contributed by atoms with Crippen molar-refractivity contribution >= 4 is 22.6 Å². The molecule has 23 heavy (non-hydrogen) atoms. The van der Waals surface area contributed by atoms with E-state index in [4.69, 9.17) is 4.74 Å². The van der Waals surface area contributed by atoms with E-state index in [2.05, 4.69) is 22.6 Å². The predicted molar refractivity (Wildman–Crippen MR) is 91.7 cm³/mol. The summed E-state index contributed by atoms with van der Waals surface area (Å²) in [7, 11) is 0. The lowest BCUT2D eigenvalue weighted by Gasteiger charge is -2.42. The molecule has 0 bridgehead atoms. The van der Waals surface area contributed by atoms with Crippen LogP contribution in [0.3, 0.4) is 0 Å². The molecule has 0 fully saturated rings. The van der Waals surface area contributed by atoms with Gasteiger partial charge in [0.05, 0.1) is 18.3 Å². The first-order valence-corrected chi connectivity index (χ1v) is 8.82. The van der Waals surface area contributed by atoms with E-state index in [-0.39, 0.29) is 5.56 Å². The molecule has 2 aromatic carbocycles. The van der Waals surface area contributed by atoms with E-state index >= 15 is 0 Å². The van der Waals surface area contributed by atoms with E-state index in [1.807, 2.05) is 31.2 Å². The van der Waals surface area contributed by atoms with Crippen molar-refractivity contribution in [1.29, 1.82) is 0 Å². The normalized spacial score (nSPS) is 24.3. The minimum Gasteiger partial charge on any atom is -0.368 e. The molecule has 122 valence electrons. The number of benzene rings is 2. The summed E-state index contributed by atoms with van der Waals surface area (Å²) in [6.07, 6.45) is -5.00. The van der Waals surface area contributed by atoms with Crippen LogP contribution in [0.5, 0.6) is 0 Å². The minimum absolute atomic E-state index is 0.216. The van der Waals surface area contributed by atoms with Crippen LogP contribution < -0.4 is 0 Å². The smallest absolute Gasteiger partial charge is 0.368 e. The topological polar surface area (TPSA) is 9.23 Å². The van der Waals surface area contributed by atoms with Crippen molar-refractivity contribution in [3.8, 4) is 0 Å². The molecule has 0 saturated carbocycles.